The van der Waals surface area contributed by atoms with Gasteiger partial charge in [-0.05, 0) is 48.6 Å². The van der Waals surface area contributed by atoms with Gasteiger partial charge in [-0.15, -0.1) is 11.3 Å². The lowest BCUT2D eigenvalue weighted by atomic mass is 10.0. The molecule has 2 aromatic rings. The van der Waals surface area contributed by atoms with Crippen LogP contribution in [0.4, 0.5) is 0 Å². The van der Waals surface area contributed by atoms with Gasteiger partial charge in [0.25, 0.3) is 0 Å². The average Bonchev–Trinajstić information content (AvgIpc) is 3.21. The minimum absolute atomic E-state index is 0.567. The number of ether oxygens (including phenoxy) is 1. The summed E-state index contributed by atoms with van der Waals surface area (Å²) in [7, 11) is 0. The van der Waals surface area contributed by atoms with Gasteiger partial charge in [0.05, 0.1) is 0 Å². The van der Waals surface area contributed by atoms with Gasteiger partial charge in [0, 0.05) is 22.3 Å². The molecule has 0 saturated heterocycles. The van der Waals surface area contributed by atoms with E-state index in [9.17, 15) is 0 Å². The van der Waals surface area contributed by atoms with Crippen LogP contribution in [0.1, 0.15) is 47.9 Å². The molecule has 21 heavy (non-hydrogen) atoms. The highest BCUT2D eigenvalue weighted by atomic mass is 32.1. The Morgan fingerprint density at radius 3 is 2.48 bits per heavy atom. The van der Waals surface area contributed by atoms with E-state index in [1.54, 1.807) is 0 Å². The smallest absolute Gasteiger partial charge is 0.122 e. The zero-order valence-electron chi connectivity index (χ0n) is 12.8. The van der Waals surface area contributed by atoms with E-state index in [1.807, 2.05) is 11.3 Å². The number of thiophene rings is 1. The van der Waals surface area contributed by atoms with E-state index in [-0.39, 0.29) is 0 Å². The van der Waals surface area contributed by atoms with Crippen molar-refractivity contribution < 1.29 is 4.74 Å². The Kier molecular flexibility index (Phi) is 4.61. The normalized spacial score (nSPS) is 14.6. The molecule has 2 nitrogen and oxygen atoms in total. The third kappa shape index (κ3) is 4.32. The molecule has 3 rings (SSSR count). The number of nitrogens with one attached hydrogen (secondary N) is 1. The summed E-state index contributed by atoms with van der Waals surface area (Å²) in [5.41, 5.74) is 1.35. The van der Waals surface area contributed by atoms with Gasteiger partial charge < -0.3 is 10.1 Å². The first-order valence-corrected chi connectivity index (χ1v) is 8.56. The van der Waals surface area contributed by atoms with Crippen molar-refractivity contribution in [3.05, 3.63) is 51.7 Å². The Labute approximate surface area is 131 Å². The quantitative estimate of drug-likeness (QED) is 0.800. The van der Waals surface area contributed by atoms with Crippen LogP contribution in [0.15, 0.2) is 36.4 Å². The summed E-state index contributed by atoms with van der Waals surface area (Å²) >= 11 is 1.84. The zero-order valence-corrected chi connectivity index (χ0v) is 13.6. The number of benzene rings is 1. The van der Waals surface area contributed by atoms with E-state index in [4.69, 9.17) is 4.74 Å². The molecular weight excluding hydrogens is 278 g/mol. The molecule has 1 heterocycles. The van der Waals surface area contributed by atoms with Gasteiger partial charge in [-0.25, -0.2) is 0 Å². The Bertz CT molecular complexity index is 569. The van der Waals surface area contributed by atoms with Gasteiger partial charge in [-0.3, -0.25) is 0 Å². The second-order valence-electron chi connectivity index (χ2n) is 6.04. The molecule has 0 spiro atoms. The molecule has 1 fully saturated rings. The van der Waals surface area contributed by atoms with Crippen molar-refractivity contribution in [2.75, 3.05) is 0 Å². The van der Waals surface area contributed by atoms with Gasteiger partial charge in [0.2, 0.25) is 0 Å². The summed E-state index contributed by atoms with van der Waals surface area (Å²) in [5.74, 6) is 1.52. The van der Waals surface area contributed by atoms with Crippen LogP contribution in [0.25, 0.3) is 0 Å². The fraction of sp³-hybridized carbons (Fsp3) is 0.444. The Hall–Kier alpha value is -1.32. The molecule has 1 aliphatic rings. The van der Waals surface area contributed by atoms with Crippen molar-refractivity contribution in [2.24, 2.45) is 0 Å². The Morgan fingerprint density at radius 2 is 1.81 bits per heavy atom. The SMILES string of the molecule is CC(C)c1ccc(OCc2ccc(CNC3CC3)s2)cc1. The largest absolute Gasteiger partial charge is 0.488 e. The summed E-state index contributed by atoms with van der Waals surface area (Å²) in [4.78, 5) is 2.69. The standard InChI is InChI=1S/C18H23NOS/c1-13(2)14-3-7-16(8-4-14)20-12-18-10-9-17(21-18)11-19-15-5-6-15/h3-4,7-10,13,15,19H,5-6,11-12H2,1-2H3. The third-order valence-corrected chi connectivity index (χ3v) is 4.85. The highest BCUT2D eigenvalue weighted by molar-refractivity contribution is 7.11. The summed E-state index contributed by atoms with van der Waals surface area (Å²) in [6, 6.07) is 13.6. The van der Waals surface area contributed by atoms with Crippen LogP contribution >= 0.6 is 11.3 Å². The number of hydrogen-bond donors (Lipinski definition) is 1. The van der Waals surface area contributed by atoms with Gasteiger partial charge >= 0.3 is 0 Å². The van der Waals surface area contributed by atoms with Gasteiger partial charge in [-0.2, -0.15) is 0 Å². The molecular formula is C18H23NOS. The van der Waals surface area contributed by atoms with E-state index in [0.29, 0.717) is 12.5 Å². The van der Waals surface area contributed by atoms with Crippen LogP contribution in [0.3, 0.4) is 0 Å². The molecule has 0 amide bonds. The molecule has 1 N–H and O–H groups in total. The van der Waals surface area contributed by atoms with Crippen LogP contribution in [0.2, 0.25) is 0 Å². The number of rotatable bonds is 7. The van der Waals surface area contributed by atoms with Crippen molar-refractivity contribution in [2.45, 2.75) is 51.8 Å². The van der Waals surface area contributed by atoms with E-state index in [1.165, 1.54) is 28.2 Å². The monoisotopic (exact) mass is 301 g/mol. The van der Waals surface area contributed by atoms with Gasteiger partial charge in [0.15, 0.2) is 0 Å². The molecule has 0 radical (unpaired) electrons. The molecule has 1 aromatic carbocycles. The maximum Gasteiger partial charge on any atom is 0.122 e. The highest BCUT2D eigenvalue weighted by Crippen LogP contribution is 2.23. The van der Waals surface area contributed by atoms with Crippen molar-refractivity contribution in [1.82, 2.24) is 5.32 Å². The summed E-state index contributed by atoms with van der Waals surface area (Å²) in [5, 5.41) is 3.55. The van der Waals surface area contributed by atoms with E-state index in [0.717, 1.165) is 18.3 Å². The molecule has 0 atom stereocenters. The molecule has 0 unspecified atom stereocenters. The fourth-order valence-electron chi connectivity index (χ4n) is 2.23. The minimum atomic E-state index is 0.567. The third-order valence-electron chi connectivity index (χ3n) is 3.79. The summed E-state index contributed by atoms with van der Waals surface area (Å²) < 4.78 is 5.87. The maximum absolute atomic E-state index is 5.87. The topological polar surface area (TPSA) is 21.3 Å². The number of hydrogen-bond acceptors (Lipinski definition) is 3. The van der Waals surface area contributed by atoms with Crippen molar-refractivity contribution >= 4 is 11.3 Å². The van der Waals surface area contributed by atoms with Crippen molar-refractivity contribution in [3.8, 4) is 5.75 Å². The molecule has 1 aromatic heterocycles. The van der Waals surface area contributed by atoms with Crippen molar-refractivity contribution in [3.63, 3.8) is 0 Å². The summed E-state index contributed by atoms with van der Waals surface area (Å²) in [6.45, 7) is 6.07. The van der Waals surface area contributed by atoms with Crippen LogP contribution in [0, 0.1) is 0 Å². The van der Waals surface area contributed by atoms with Crippen LogP contribution < -0.4 is 10.1 Å². The second-order valence-corrected chi connectivity index (χ2v) is 7.29. The van der Waals surface area contributed by atoms with Gasteiger partial charge in [-0.1, -0.05) is 26.0 Å². The molecule has 3 heteroatoms. The Morgan fingerprint density at radius 1 is 1.10 bits per heavy atom. The van der Waals surface area contributed by atoms with Crippen molar-refractivity contribution in [1.29, 1.82) is 0 Å². The average molecular weight is 301 g/mol. The second kappa shape index (κ2) is 6.63. The lowest BCUT2D eigenvalue weighted by molar-refractivity contribution is 0.309. The first-order chi connectivity index (χ1) is 10.2. The predicted octanol–water partition coefficient (Wildman–Crippen LogP) is 4.70. The lowest BCUT2D eigenvalue weighted by Gasteiger charge is -2.08. The predicted molar refractivity (Wildman–Crippen MR) is 89.0 cm³/mol. The van der Waals surface area contributed by atoms with Crippen LogP contribution in [0.5, 0.6) is 5.75 Å². The first-order valence-electron chi connectivity index (χ1n) is 7.74. The van der Waals surface area contributed by atoms with Crippen LogP contribution in [-0.4, -0.2) is 6.04 Å². The maximum atomic E-state index is 5.87. The molecule has 1 saturated carbocycles. The molecule has 0 aliphatic heterocycles. The molecule has 0 bridgehead atoms. The molecule has 1 aliphatic carbocycles. The first kappa shape index (κ1) is 14.6. The van der Waals surface area contributed by atoms with E-state index >= 15 is 0 Å². The fourth-order valence-corrected chi connectivity index (χ4v) is 3.11. The molecule has 112 valence electrons. The summed E-state index contributed by atoms with van der Waals surface area (Å²) in [6.07, 6.45) is 2.68. The lowest BCUT2D eigenvalue weighted by Crippen LogP contribution is -2.14. The minimum Gasteiger partial charge on any atom is -0.488 e. The van der Waals surface area contributed by atoms with Gasteiger partial charge in [0.1, 0.15) is 12.4 Å². The van der Waals surface area contributed by atoms with Crippen LogP contribution in [-0.2, 0) is 13.2 Å². The van der Waals surface area contributed by atoms with E-state index in [2.05, 4.69) is 55.6 Å². The zero-order chi connectivity index (χ0) is 14.7. The Balaban J connectivity index is 1.49. The van der Waals surface area contributed by atoms with E-state index < -0.39 is 0 Å². The highest BCUT2D eigenvalue weighted by Gasteiger charge is 2.20.